The van der Waals surface area contributed by atoms with Crippen molar-refractivity contribution in [3.8, 4) is 21.1 Å². The Bertz CT molecular complexity index is 1030. The lowest BCUT2D eigenvalue weighted by atomic mass is 10.2. The lowest BCUT2D eigenvalue weighted by Crippen LogP contribution is -1.80. The molecule has 0 unspecified atom stereocenters. The molecule has 2 heterocycles. The van der Waals surface area contributed by atoms with Gasteiger partial charge in [0.05, 0.1) is 10.0 Å². The summed E-state index contributed by atoms with van der Waals surface area (Å²) < 4.78 is 0. The van der Waals surface area contributed by atoms with Gasteiger partial charge in [0.2, 0.25) is 10.3 Å². The zero-order chi connectivity index (χ0) is 20.3. The summed E-state index contributed by atoms with van der Waals surface area (Å²) in [6.45, 7) is 0. The van der Waals surface area contributed by atoms with Crippen molar-refractivity contribution in [1.82, 2.24) is 20.4 Å². The lowest BCUT2D eigenvalue weighted by molar-refractivity contribution is 1.10. The number of aromatic nitrogens is 4. The summed E-state index contributed by atoms with van der Waals surface area (Å²) in [5, 5.41) is 19.7. The van der Waals surface area contributed by atoms with Crippen molar-refractivity contribution < 1.29 is 0 Å². The summed E-state index contributed by atoms with van der Waals surface area (Å²) in [6.07, 6.45) is 0. The van der Waals surface area contributed by atoms with E-state index in [1.165, 1.54) is 22.7 Å². The van der Waals surface area contributed by atoms with E-state index in [1.807, 2.05) is 0 Å². The van der Waals surface area contributed by atoms with Crippen LogP contribution in [0.2, 0.25) is 20.1 Å². The van der Waals surface area contributed by atoms with Crippen LogP contribution in [0, 0.1) is 0 Å². The molecule has 6 nitrogen and oxygen atoms in total. The van der Waals surface area contributed by atoms with E-state index in [4.69, 9.17) is 57.9 Å². The zero-order valence-corrected chi connectivity index (χ0v) is 18.4. The van der Waals surface area contributed by atoms with Gasteiger partial charge in [-0.2, -0.15) is 0 Å². The fourth-order valence-corrected chi connectivity index (χ4v) is 4.42. The number of anilines is 2. The van der Waals surface area contributed by atoms with Crippen LogP contribution in [0.5, 0.6) is 0 Å². The van der Waals surface area contributed by atoms with Crippen LogP contribution in [0.1, 0.15) is 0 Å². The standard InChI is InChI=1S/2C8H5Cl2N3S/c2*9-4-1-2-5(6(10)3-4)7-12-13-8(11)14-7/h2*1-3H,(H2,11,13). The number of halogens is 4. The summed E-state index contributed by atoms with van der Waals surface area (Å²) in [4.78, 5) is 0. The predicted octanol–water partition coefficient (Wildman–Crippen LogP) is 6.19. The van der Waals surface area contributed by atoms with Crippen LogP contribution in [-0.4, -0.2) is 20.4 Å². The highest BCUT2D eigenvalue weighted by atomic mass is 35.5. The molecule has 0 atom stereocenters. The summed E-state index contributed by atoms with van der Waals surface area (Å²) in [6, 6.07) is 10.4. The van der Waals surface area contributed by atoms with Gasteiger partial charge in [0.1, 0.15) is 0 Å². The van der Waals surface area contributed by atoms with Gasteiger partial charge in [0, 0.05) is 21.2 Å². The smallest absolute Gasteiger partial charge is 0.203 e. The minimum Gasteiger partial charge on any atom is -0.374 e. The largest absolute Gasteiger partial charge is 0.374 e. The van der Waals surface area contributed by atoms with E-state index in [2.05, 4.69) is 20.4 Å². The second kappa shape index (κ2) is 9.21. The van der Waals surface area contributed by atoms with Crippen molar-refractivity contribution in [3.63, 3.8) is 0 Å². The molecule has 0 saturated carbocycles. The fraction of sp³-hybridized carbons (Fsp3) is 0. The van der Waals surface area contributed by atoms with Crippen molar-refractivity contribution in [1.29, 1.82) is 0 Å². The molecule has 0 aliphatic heterocycles. The zero-order valence-electron chi connectivity index (χ0n) is 13.7. The molecule has 0 spiro atoms. The highest BCUT2D eigenvalue weighted by Gasteiger charge is 2.09. The third kappa shape index (κ3) is 5.22. The van der Waals surface area contributed by atoms with Crippen LogP contribution in [-0.2, 0) is 0 Å². The highest BCUT2D eigenvalue weighted by Crippen LogP contribution is 2.33. The second-order valence-corrected chi connectivity index (χ2v) is 8.84. The van der Waals surface area contributed by atoms with E-state index in [0.717, 1.165) is 11.1 Å². The van der Waals surface area contributed by atoms with E-state index >= 15 is 0 Å². The molecule has 4 rings (SSSR count). The monoisotopic (exact) mass is 490 g/mol. The molecule has 2 aromatic heterocycles. The van der Waals surface area contributed by atoms with Gasteiger partial charge in [-0.05, 0) is 36.4 Å². The third-order valence-electron chi connectivity index (χ3n) is 3.20. The molecule has 28 heavy (non-hydrogen) atoms. The van der Waals surface area contributed by atoms with Crippen molar-refractivity contribution in [2.45, 2.75) is 0 Å². The van der Waals surface area contributed by atoms with Crippen LogP contribution >= 0.6 is 69.1 Å². The Morgan fingerprint density at radius 3 is 1.29 bits per heavy atom. The van der Waals surface area contributed by atoms with Gasteiger partial charge in [0.25, 0.3) is 0 Å². The molecular weight excluding hydrogens is 482 g/mol. The summed E-state index contributed by atoms with van der Waals surface area (Å²) in [7, 11) is 0. The van der Waals surface area contributed by atoms with Gasteiger partial charge in [-0.15, -0.1) is 20.4 Å². The molecule has 0 amide bonds. The molecule has 2 aromatic carbocycles. The van der Waals surface area contributed by atoms with Crippen molar-refractivity contribution >= 4 is 79.3 Å². The van der Waals surface area contributed by atoms with Gasteiger partial charge < -0.3 is 11.5 Å². The highest BCUT2D eigenvalue weighted by molar-refractivity contribution is 7.18. The maximum atomic E-state index is 5.99. The number of nitrogen functional groups attached to an aromatic ring is 2. The summed E-state index contributed by atoms with van der Waals surface area (Å²) in [5.74, 6) is 0. The van der Waals surface area contributed by atoms with Crippen LogP contribution in [0.4, 0.5) is 10.3 Å². The normalized spacial score (nSPS) is 10.4. The van der Waals surface area contributed by atoms with E-state index in [1.54, 1.807) is 36.4 Å². The van der Waals surface area contributed by atoms with E-state index < -0.39 is 0 Å². The van der Waals surface area contributed by atoms with Crippen LogP contribution in [0.3, 0.4) is 0 Å². The average molecular weight is 492 g/mol. The molecule has 0 saturated heterocycles. The number of hydrogen-bond donors (Lipinski definition) is 2. The molecule has 0 radical (unpaired) electrons. The SMILES string of the molecule is Nc1nnc(-c2ccc(Cl)cc2Cl)s1.Nc1nnc(-c2ccc(Cl)cc2Cl)s1. The number of nitrogens with two attached hydrogens (primary N) is 2. The first-order valence-electron chi connectivity index (χ1n) is 7.42. The molecule has 0 aliphatic carbocycles. The van der Waals surface area contributed by atoms with Gasteiger partial charge in [-0.3, -0.25) is 0 Å². The number of rotatable bonds is 2. The Labute approximate surface area is 188 Å². The molecule has 0 fully saturated rings. The van der Waals surface area contributed by atoms with Crippen molar-refractivity contribution in [2.75, 3.05) is 11.5 Å². The molecular formula is C16H10Cl4N6S2. The van der Waals surface area contributed by atoms with Crippen LogP contribution in [0.15, 0.2) is 36.4 Å². The van der Waals surface area contributed by atoms with Gasteiger partial charge in [0.15, 0.2) is 10.0 Å². The van der Waals surface area contributed by atoms with Crippen molar-refractivity contribution in [2.24, 2.45) is 0 Å². The van der Waals surface area contributed by atoms with Gasteiger partial charge >= 0.3 is 0 Å². The first-order chi connectivity index (χ1) is 13.3. The summed E-state index contributed by atoms with van der Waals surface area (Å²) in [5.41, 5.74) is 12.5. The average Bonchev–Trinajstić information content (AvgIpc) is 3.24. The molecule has 0 aliphatic rings. The topological polar surface area (TPSA) is 104 Å². The molecule has 4 N–H and O–H groups in total. The van der Waals surface area contributed by atoms with E-state index in [0.29, 0.717) is 40.4 Å². The number of benzene rings is 2. The van der Waals surface area contributed by atoms with E-state index in [9.17, 15) is 0 Å². The maximum Gasteiger partial charge on any atom is 0.203 e. The molecule has 12 heteroatoms. The van der Waals surface area contributed by atoms with E-state index in [-0.39, 0.29) is 0 Å². The Hall–Kier alpha value is -1.68. The van der Waals surface area contributed by atoms with Crippen molar-refractivity contribution in [3.05, 3.63) is 56.5 Å². The van der Waals surface area contributed by atoms with Crippen LogP contribution < -0.4 is 11.5 Å². The molecule has 0 bridgehead atoms. The minimum atomic E-state index is 0.422. The van der Waals surface area contributed by atoms with Gasteiger partial charge in [-0.1, -0.05) is 69.1 Å². The quantitative estimate of drug-likeness (QED) is 0.346. The van der Waals surface area contributed by atoms with Crippen LogP contribution in [0.25, 0.3) is 21.1 Å². The first-order valence-corrected chi connectivity index (χ1v) is 10.6. The second-order valence-electron chi connectivity index (χ2n) is 5.14. The third-order valence-corrected chi connectivity index (χ3v) is 5.87. The number of hydrogen-bond acceptors (Lipinski definition) is 8. The predicted molar refractivity (Wildman–Crippen MR) is 120 cm³/mol. The Morgan fingerprint density at radius 2 is 1.00 bits per heavy atom. The molecule has 4 aromatic rings. The first kappa shape index (κ1) is 21.0. The summed E-state index contributed by atoms with van der Waals surface area (Å²) >= 11 is 26.1. The number of nitrogens with zero attached hydrogens (tertiary/aromatic N) is 4. The minimum absolute atomic E-state index is 0.422. The van der Waals surface area contributed by atoms with Gasteiger partial charge in [-0.25, -0.2) is 0 Å². The Morgan fingerprint density at radius 1 is 0.607 bits per heavy atom. The fourth-order valence-electron chi connectivity index (χ4n) is 2.01. The lowest BCUT2D eigenvalue weighted by Gasteiger charge is -1.98. The Kier molecular flexibility index (Phi) is 6.92. The maximum absolute atomic E-state index is 5.99. The molecule has 144 valence electrons. The Balaban J connectivity index is 0.000000161.